The van der Waals surface area contributed by atoms with E-state index in [0.717, 1.165) is 23.3 Å². The van der Waals surface area contributed by atoms with E-state index in [1.54, 1.807) is 0 Å². The third-order valence-corrected chi connectivity index (χ3v) is 3.27. The van der Waals surface area contributed by atoms with E-state index in [1.807, 2.05) is 0 Å². The van der Waals surface area contributed by atoms with Crippen LogP contribution >= 0.6 is 0 Å². The molecule has 0 radical (unpaired) electrons. The van der Waals surface area contributed by atoms with Crippen molar-refractivity contribution in [2.45, 2.75) is 30.9 Å². The molecule has 3 heteroatoms. The van der Waals surface area contributed by atoms with Gasteiger partial charge in [0.15, 0.2) is 0 Å². The van der Waals surface area contributed by atoms with Gasteiger partial charge in [0.2, 0.25) is 0 Å². The van der Waals surface area contributed by atoms with E-state index in [1.165, 1.54) is 12.8 Å². The maximum atomic E-state index is 9.02. The Kier molecular flexibility index (Phi) is 2.73. The molecule has 1 atom stereocenters. The van der Waals surface area contributed by atoms with Crippen molar-refractivity contribution in [1.29, 1.82) is 0 Å². The van der Waals surface area contributed by atoms with Crippen LogP contribution in [0.2, 0.25) is 0 Å². The minimum Gasteiger partial charge on any atom is -0.513 e. The Labute approximate surface area is 70.7 Å². The van der Waals surface area contributed by atoms with Gasteiger partial charge in [-0.05, 0) is 19.3 Å². The molecular weight excluding hydrogens is 156 g/mol. The van der Waals surface area contributed by atoms with Gasteiger partial charge in [-0.1, -0.05) is 6.58 Å². The minimum atomic E-state index is -0.00984. The topological polar surface area (TPSA) is 29.5 Å². The average Bonchev–Trinajstić information content (AvgIpc) is 1.85. The summed E-state index contributed by atoms with van der Waals surface area (Å²) in [7, 11) is 0.985. The van der Waals surface area contributed by atoms with Crippen molar-refractivity contribution in [2.75, 3.05) is 6.61 Å². The van der Waals surface area contributed by atoms with Crippen LogP contribution in [-0.2, 0) is 4.74 Å². The highest BCUT2D eigenvalue weighted by atomic mass is 28.1. The summed E-state index contributed by atoms with van der Waals surface area (Å²) in [5, 5.41) is 9.01. The van der Waals surface area contributed by atoms with Crippen LogP contribution in [0.3, 0.4) is 0 Å². The summed E-state index contributed by atoms with van der Waals surface area (Å²) >= 11 is 0. The Hall–Kier alpha value is -0.283. The summed E-state index contributed by atoms with van der Waals surface area (Å²) in [5.74, 6) is 0.266. The van der Waals surface area contributed by atoms with E-state index in [9.17, 15) is 0 Å². The SMILES string of the molecule is C=C(O)CC1([SiH3])CCCCO1. The van der Waals surface area contributed by atoms with Crippen molar-refractivity contribution >= 4 is 10.2 Å². The second-order valence-corrected chi connectivity index (χ2v) is 5.32. The first kappa shape index (κ1) is 8.81. The molecule has 0 amide bonds. The molecule has 1 fully saturated rings. The van der Waals surface area contributed by atoms with Crippen molar-refractivity contribution in [3.8, 4) is 0 Å². The second kappa shape index (κ2) is 3.41. The lowest BCUT2D eigenvalue weighted by atomic mass is 10.0. The van der Waals surface area contributed by atoms with Crippen molar-refractivity contribution < 1.29 is 9.84 Å². The van der Waals surface area contributed by atoms with Crippen LogP contribution in [-0.4, -0.2) is 27.2 Å². The zero-order valence-corrected chi connectivity index (χ0v) is 9.10. The fourth-order valence-electron chi connectivity index (χ4n) is 1.56. The van der Waals surface area contributed by atoms with Crippen LogP contribution in [0.5, 0.6) is 0 Å². The summed E-state index contributed by atoms with van der Waals surface area (Å²) in [6, 6.07) is 0. The first-order valence-corrected chi connectivity index (χ1v) is 5.13. The van der Waals surface area contributed by atoms with Crippen molar-refractivity contribution in [2.24, 2.45) is 0 Å². The molecule has 1 rings (SSSR count). The molecule has 0 aliphatic carbocycles. The van der Waals surface area contributed by atoms with E-state index >= 15 is 0 Å². The third-order valence-electron chi connectivity index (χ3n) is 2.13. The maximum absolute atomic E-state index is 9.02. The van der Waals surface area contributed by atoms with Crippen molar-refractivity contribution in [1.82, 2.24) is 0 Å². The molecule has 2 nitrogen and oxygen atoms in total. The van der Waals surface area contributed by atoms with Gasteiger partial charge in [-0.15, -0.1) is 0 Å². The lowest BCUT2D eigenvalue weighted by molar-refractivity contribution is -0.0219. The van der Waals surface area contributed by atoms with Gasteiger partial charge in [-0.25, -0.2) is 0 Å². The Bertz CT molecular complexity index is 150. The van der Waals surface area contributed by atoms with Crippen LogP contribution in [0.15, 0.2) is 12.3 Å². The molecule has 1 aliphatic heterocycles. The van der Waals surface area contributed by atoms with Crippen molar-refractivity contribution in [3.05, 3.63) is 12.3 Å². The maximum Gasteiger partial charge on any atom is 0.0876 e. The molecule has 0 saturated carbocycles. The van der Waals surface area contributed by atoms with E-state index < -0.39 is 0 Å². The van der Waals surface area contributed by atoms with E-state index in [-0.39, 0.29) is 11.0 Å². The first-order valence-electron chi connectivity index (χ1n) is 4.13. The normalized spacial score (nSPS) is 32.0. The molecule has 1 unspecified atom stereocenters. The quantitative estimate of drug-likeness (QED) is 0.491. The predicted octanol–water partition coefficient (Wildman–Crippen LogP) is 0.710. The Morgan fingerprint density at radius 2 is 2.36 bits per heavy atom. The number of aliphatic hydroxyl groups excluding tert-OH is 1. The van der Waals surface area contributed by atoms with E-state index in [0.29, 0.717) is 6.42 Å². The average molecular weight is 172 g/mol. The van der Waals surface area contributed by atoms with Crippen LogP contribution in [0.4, 0.5) is 0 Å². The largest absolute Gasteiger partial charge is 0.513 e. The van der Waals surface area contributed by atoms with Gasteiger partial charge in [-0.3, -0.25) is 0 Å². The monoisotopic (exact) mass is 172 g/mol. The Balaban J connectivity index is 2.43. The zero-order chi connectivity index (χ0) is 8.32. The third kappa shape index (κ3) is 2.67. The highest BCUT2D eigenvalue weighted by Gasteiger charge is 2.27. The summed E-state index contributed by atoms with van der Waals surface area (Å²) in [6.07, 6.45) is 4.14. The van der Waals surface area contributed by atoms with E-state index in [2.05, 4.69) is 6.58 Å². The molecule has 1 aliphatic rings. The molecule has 64 valence electrons. The molecule has 11 heavy (non-hydrogen) atoms. The van der Waals surface area contributed by atoms with Crippen LogP contribution in [0, 0.1) is 0 Å². The van der Waals surface area contributed by atoms with E-state index in [4.69, 9.17) is 9.84 Å². The van der Waals surface area contributed by atoms with Crippen LogP contribution in [0.25, 0.3) is 0 Å². The lowest BCUT2D eigenvalue weighted by Crippen LogP contribution is -2.37. The van der Waals surface area contributed by atoms with Crippen LogP contribution < -0.4 is 0 Å². The molecule has 1 saturated heterocycles. The highest BCUT2D eigenvalue weighted by Crippen LogP contribution is 2.26. The predicted molar refractivity (Wildman–Crippen MR) is 48.9 cm³/mol. The second-order valence-electron chi connectivity index (χ2n) is 3.50. The molecule has 0 aromatic heterocycles. The molecule has 0 bridgehead atoms. The van der Waals surface area contributed by atoms with Crippen molar-refractivity contribution in [3.63, 3.8) is 0 Å². The van der Waals surface area contributed by atoms with Gasteiger partial charge in [0.25, 0.3) is 0 Å². The Morgan fingerprint density at radius 3 is 2.82 bits per heavy atom. The number of hydrogen-bond donors (Lipinski definition) is 1. The standard InChI is InChI=1S/C8H16O2Si/c1-7(9)6-8(11)4-2-3-5-10-8/h9H,1-6H2,11H3. The molecule has 1 N–H and O–H groups in total. The number of ether oxygens (including phenoxy) is 1. The smallest absolute Gasteiger partial charge is 0.0876 e. The number of aliphatic hydroxyl groups is 1. The summed E-state index contributed by atoms with van der Waals surface area (Å²) in [5.41, 5.74) is 0. The molecule has 0 aromatic rings. The summed E-state index contributed by atoms with van der Waals surface area (Å²) in [6.45, 7) is 4.35. The molecule has 0 spiro atoms. The minimum absolute atomic E-state index is 0.00984. The molecule has 0 aromatic carbocycles. The van der Waals surface area contributed by atoms with Gasteiger partial charge in [0.1, 0.15) is 0 Å². The van der Waals surface area contributed by atoms with Gasteiger partial charge in [0, 0.05) is 23.3 Å². The zero-order valence-electron chi connectivity index (χ0n) is 7.10. The Morgan fingerprint density at radius 1 is 1.64 bits per heavy atom. The highest BCUT2D eigenvalue weighted by molar-refractivity contribution is 6.14. The van der Waals surface area contributed by atoms with Crippen LogP contribution in [0.1, 0.15) is 25.7 Å². The number of rotatable bonds is 2. The molecular formula is C8H16O2Si. The summed E-state index contributed by atoms with van der Waals surface area (Å²) in [4.78, 5) is 0. The first-order chi connectivity index (χ1) is 5.12. The van der Waals surface area contributed by atoms with Gasteiger partial charge >= 0.3 is 0 Å². The fourth-order valence-corrected chi connectivity index (χ4v) is 2.53. The summed E-state index contributed by atoms with van der Waals surface area (Å²) < 4.78 is 5.62. The van der Waals surface area contributed by atoms with Gasteiger partial charge in [0.05, 0.1) is 11.0 Å². The molecule has 1 heterocycles. The number of hydrogen-bond acceptors (Lipinski definition) is 2. The van der Waals surface area contributed by atoms with Gasteiger partial charge < -0.3 is 9.84 Å². The van der Waals surface area contributed by atoms with Gasteiger partial charge in [-0.2, -0.15) is 0 Å². The fraction of sp³-hybridized carbons (Fsp3) is 0.750. The lowest BCUT2D eigenvalue weighted by Gasteiger charge is -2.33.